The first kappa shape index (κ1) is 17.4. The van der Waals surface area contributed by atoms with E-state index in [2.05, 4.69) is 35.6 Å². The van der Waals surface area contributed by atoms with Gasteiger partial charge in [0, 0.05) is 18.3 Å². The second-order valence-electron chi connectivity index (χ2n) is 6.83. The summed E-state index contributed by atoms with van der Waals surface area (Å²) in [6.07, 6.45) is 0. The van der Waals surface area contributed by atoms with Gasteiger partial charge in [0.1, 0.15) is 0 Å². The molecule has 0 unspecified atom stereocenters. The van der Waals surface area contributed by atoms with Gasteiger partial charge in [-0.15, -0.1) is 0 Å². The van der Waals surface area contributed by atoms with Crippen LogP contribution in [0.3, 0.4) is 0 Å². The van der Waals surface area contributed by atoms with Crippen molar-refractivity contribution in [3.05, 3.63) is 66.2 Å². The minimum atomic E-state index is -0.276. The molecule has 3 aromatic carbocycles. The molecule has 0 aromatic heterocycles. The van der Waals surface area contributed by atoms with Gasteiger partial charge in [0.05, 0.1) is 6.04 Å². The molecule has 0 bridgehead atoms. The third kappa shape index (κ3) is 3.73. The average Bonchev–Trinajstić information content (AvgIpc) is 3.15. The van der Waals surface area contributed by atoms with Crippen molar-refractivity contribution in [3.8, 4) is 11.5 Å². The van der Waals surface area contributed by atoms with E-state index in [1.807, 2.05) is 37.1 Å². The highest BCUT2D eigenvalue weighted by atomic mass is 16.7. The quantitative estimate of drug-likeness (QED) is 0.745. The number of rotatable bonds is 5. The lowest BCUT2D eigenvalue weighted by Gasteiger charge is -2.24. The molecule has 0 saturated heterocycles. The van der Waals surface area contributed by atoms with Crippen LogP contribution < -0.4 is 14.8 Å². The minimum absolute atomic E-state index is 0.0582. The van der Waals surface area contributed by atoms with Gasteiger partial charge in [-0.25, -0.2) is 0 Å². The van der Waals surface area contributed by atoms with E-state index in [9.17, 15) is 4.79 Å². The first-order valence-corrected chi connectivity index (χ1v) is 8.98. The molecule has 5 heteroatoms. The Morgan fingerprint density at radius 3 is 2.67 bits per heavy atom. The molecule has 1 atom stereocenters. The van der Waals surface area contributed by atoms with E-state index >= 15 is 0 Å². The molecule has 1 heterocycles. The summed E-state index contributed by atoms with van der Waals surface area (Å²) < 4.78 is 10.7. The number of hydrogen-bond acceptors (Lipinski definition) is 4. The van der Waals surface area contributed by atoms with Crippen molar-refractivity contribution in [3.63, 3.8) is 0 Å². The summed E-state index contributed by atoms with van der Waals surface area (Å²) >= 11 is 0. The van der Waals surface area contributed by atoms with E-state index in [1.54, 1.807) is 12.1 Å². The van der Waals surface area contributed by atoms with Crippen LogP contribution in [0.25, 0.3) is 10.8 Å². The topological polar surface area (TPSA) is 50.8 Å². The van der Waals surface area contributed by atoms with Gasteiger partial charge >= 0.3 is 0 Å². The summed E-state index contributed by atoms with van der Waals surface area (Å²) in [4.78, 5) is 14.7. The van der Waals surface area contributed by atoms with Crippen LogP contribution in [-0.2, 0) is 11.3 Å². The first-order valence-electron chi connectivity index (χ1n) is 8.98. The number of amides is 1. The molecule has 3 aromatic rings. The SMILES string of the molecule is C[C@@H](C(=O)Nc1ccc2c(c1)OCO2)N(C)Cc1ccc2ccccc2c1. The summed E-state index contributed by atoms with van der Waals surface area (Å²) in [5.74, 6) is 1.30. The predicted molar refractivity (Wildman–Crippen MR) is 106 cm³/mol. The predicted octanol–water partition coefficient (Wildman–Crippen LogP) is 4.03. The zero-order chi connectivity index (χ0) is 18.8. The first-order chi connectivity index (χ1) is 13.1. The van der Waals surface area contributed by atoms with Crippen molar-refractivity contribution in [1.29, 1.82) is 0 Å². The van der Waals surface area contributed by atoms with Crippen LogP contribution in [0.2, 0.25) is 0 Å². The molecule has 0 radical (unpaired) electrons. The molecular weight excluding hydrogens is 340 g/mol. The largest absolute Gasteiger partial charge is 0.454 e. The summed E-state index contributed by atoms with van der Waals surface area (Å²) in [5, 5.41) is 5.38. The van der Waals surface area contributed by atoms with Gasteiger partial charge in [0.15, 0.2) is 11.5 Å². The van der Waals surface area contributed by atoms with Gasteiger partial charge in [-0.05, 0) is 48.5 Å². The zero-order valence-corrected chi connectivity index (χ0v) is 15.4. The molecule has 138 valence electrons. The van der Waals surface area contributed by atoms with Gasteiger partial charge in [0.2, 0.25) is 12.7 Å². The number of nitrogens with one attached hydrogen (secondary N) is 1. The maximum absolute atomic E-state index is 12.6. The molecule has 1 amide bonds. The van der Waals surface area contributed by atoms with Gasteiger partial charge in [-0.2, -0.15) is 0 Å². The number of anilines is 1. The second kappa shape index (κ2) is 7.29. The van der Waals surface area contributed by atoms with Crippen LogP contribution in [0.4, 0.5) is 5.69 Å². The molecule has 1 N–H and O–H groups in total. The highest BCUT2D eigenvalue weighted by Gasteiger charge is 2.20. The van der Waals surface area contributed by atoms with Crippen molar-refractivity contribution in [2.24, 2.45) is 0 Å². The molecule has 27 heavy (non-hydrogen) atoms. The maximum Gasteiger partial charge on any atom is 0.241 e. The number of nitrogens with zero attached hydrogens (tertiary/aromatic N) is 1. The Balaban J connectivity index is 1.41. The third-order valence-corrected chi connectivity index (χ3v) is 4.93. The molecular formula is C22H22N2O3. The highest BCUT2D eigenvalue weighted by molar-refractivity contribution is 5.94. The van der Waals surface area contributed by atoms with Crippen LogP contribution in [-0.4, -0.2) is 30.7 Å². The fourth-order valence-electron chi connectivity index (χ4n) is 3.18. The number of ether oxygens (including phenoxy) is 2. The van der Waals surface area contributed by atoms with E-state index in [0.717, 1.165) is 0 Å². The average molecular weight is 362 g/mol. The minimum Gasteiger partial charge on any atom is -0.454 e. The molecule has 0 spiro atoms. The lowest BCUT2D eigenvalue weighted by atomic mass is 10.1. The second-order valence-corrected chi connectivity index (χ2v) is 6.83. The maximum atomic E-state index is 12.6. The molecule has 0 aliphatic carbocycles. The molecule has 0 saturated carbocycles. The van der Waals surface area contributed by atoms with Crippen LogP contribution in [0, 0.1) is 0 Å². The number of fused-ring (bicyclic) bond motifs is 2. The number of carbonyl (C=O) groups is 1. The van der Waals surface area contributed by atoms with Gasteiger partial charge in [-0.1, -0.05) is 36.4 Å². The Bertz CT molecular complexity index is 986. The Kier molecular flexibility index (Phi) is 4.69. The van der Waals surface area contributed by atoms with Crippen LogP contribution in [0.5, 0.6) is 11.5 Å². The zero-order valence-electron chi connectivity index (χ0n) is 15.4. The van der Waals surface area contributed by atoms with Crippen LogP contribution >= 0.6 is 0 Å². The normalized spacial score (nSPS) is 13.7. The molecule has 5 nitrogen and oxygen atoms in total. The molecule has 4 rings (SSSR count). The van der Waals surface area contributed by atoms with E-state index in [-0.39, 0.29) is 18.7 Å². The monoisotopic (exact) mass is 362 g/mol. The third-order valence-electron chi connectivity index (χ3n) is 4.93. The van der Waals surface area contributed by atoms with Crippen molar-refractivity contribution in [1.82, 2.24) is 4.90 Å². The highest BCUT2D eigenvalue weighted by Crippen LogP contribution is 2.34. The molecule has 0 fully saturated rings. The van der Waals surface area contributed by atoms with E-state index in [4.69, 9.17) is 9.47 Å². The number of hydrogen-bond donors (Lipinski definition) is 1. The van der Waals surface area contributed by atoms with Crippen molar-refractivity contribution >= 4 is 22.4 Å². The Morgan fingerprint density at radius 2 is 1.81 bits per heavy atom. The number of likely N-dealkylation sites (N-methyl/N-ethyl adjacent to an activating group) is 1. The van der Waals surface area contributed by atoms with Gasteiger partial charge in [0.25, 0.3) is 0 Å². The Hall–Kier alpha value is -3.05. The number of benzene rings is 3. The van der Waals surface area contributed by atoms with Crippen LogP contribution in [0.1, 0.15) is 12.5 Å². The smallest absolute Gasteiger partial charge is 0.241 e. The fourth-order valence-corrected chi connectivity index (χ4v) is 3.18. The molecule has 1 aliphatic rings. The van der Waals surface area contributed by atoms with Crippen molar-refractivity contribution in [2.75, 3.05) is 19.2 Å². The lowest BCUT2D eigenvalue weighted by Crippen LogP contribution is -2.39. The summed E-state index contributed by atoms with van der Waals surface area (Å²) in [6, 6.07) is 19.8. The van der Waals surface area contributed by atoms with E-state index in [1.165, 1.54) is 16.3 Å². The van der Waals surface area contributed by atoms with E-state index < -0.39 is 0 Å². The Labute approximate surface area is 158 Å². The summed E-state index contributed by atoms with van der Waals surface area (Å²) in [6.45, 7) is 2.82. The van der Waals surface area contributed by atoms with Crippen molar-refractivity contribution in [2.45, 2.75) is 19.5 Å². The Morgan fingerprint density at radius 1 is 1.04 bits per heavy atom. The van der Waals surface area contributed by atoms with Gasteiger partial charge in [-0.3, -0.25) is 9.69 Å². The van der Waals surface area contributed by atoms with E-state index in [0.29, 0.717) is 23.7 Å². The molecule has 1 aliphatic heterocycles. The standard InChI is InChI=1S/C22H22N2O3/c1-15(22(25)23-19-9-10-20-21(12-19)27-14-26-20)24(2)13-16-7-8-17-5-3-4-6-18(17)11-16/h3-12,15H,13-14H2,1-2H3,(H,23,25)/t15-/m0/s1. The van der Waals surface area contributed by atoms with Gasteiger partial charge < -0.3 is 14.8 Å². The number of carbonyl (C=O) groups excluding carboxylic acids is 1. The summed E-state index contributed by atoms with van der Waals surface area (Å²) in [5.41, 5.74) is 1.88. The van der Waals surface area contributed by atoms with Crippen LogP contribution in [0.15, 0.2) is 60.7 Å². The fraction of sp³-hybridized carbons (Fsp3) is 0.227. The summed E-state index contributed by atoms with van der Waals surface area (Å²) in [7, 11) is 1.96. The van der Waals surface area contributed by atoms with Crippen molar-refractivity contribution < 1.29 is 14.3 Å². The lowest BCUT2D eigenvalue weighted by molar-refractivity contribution is -0.120.